The van der Waals surface area contributed by atoms with Crippen LogP contribution in [0, 0.1) is 18.3 Å². The van der Waals surface area contributed by atoms with Gasteiger partial charge in [-0.3, -0.25) is 0 Å². The number of aryl methyl sites for hydroxylation is 1. The van der Waals surface area contributed by atoms with Gasteiger partial charge >= 0.3 is 0 Å². The fourth-order valence-corrected chi connectivity index (χ4v) is 1.68. The maximum Gasteiger partial charge on any atom is 0.230 e. The molecule has 0 atom stereocenters. The summed E-state index contributed by atoms with van der Waals surface area (Å²) in [6.07, 6.45) is 1.73. The lowest BCUT2D eigenvalue weighted by molar-refractivity contribution is 0.952. The number of nitrogens with zero attached hydrogens (tertiary/aromatic N) is 5. The van der Waals surface area contributed by atoms with Gasteiger partial charge in [-0.1, -0.05) is 29.8 Å². The molecule has 2 N–H and O–H groups in total. The third-order valence-electron chi connectivity index (χ3n) is 2.79. The van der Waals surface area contributed by atoms with E-state index in [9.17, 15) is 5.26 Å². The van der Waals surface area contributed by atoms with E-state index in [1.165, 1.54) is 0 Å². The number of hydrogen-bond acceptors (Lipinski definition) is 6. The predicted octanol–water partition coefficient (Wildman–Crippen LogP) is 1.89. The van der Waals surface area contributed by atoms with Crippen molar-refractivity contribution in [2.24, 2.45) is 0 Å². The van der Waals surface area contributed by atoms with Crippen LogP contribution in [0.5, 0.6) is 0 Å². The van der Waals surface area contributed by atoms with E-state index in [-0.39, 0.29) is 11.8 Å². The molecule has 6 nitrogen and oxygen atoms in total. The molecule has 0 radical (unpaired) electrons. The summed E-state index contributed by atoms with van der Waals surface area (Å²) in [7, 11) is 3.60. The zero-order valence-electron chi connectivity index (χ0n) is 12.2. The molecule has 0 fully saturated rings. The molecule has 0 saturated carbocycles. The minimum absolute atomic E-state index is 0.0914. The van der Waals surface area contributed by atoms with Crippen molar-refractivity contribution in [3.8, 4) is 6.07 Å². The van der Waals surface area contributed by atoms with Gasteiger partial charge in [-0.05, 0) is 18.6 Å². The lowest BCUT2D eigenvalue weighted by Gasteiger charge is -2.10. The first-order valence-corrected chi connectivity index (χ1v) is 6.37. The smallest absolute Gasteiger partial charge is 0.230 e. The molecule has 0 aliphatic rings. The highest BCUT2D eigenvalue weighted by Gasteiger charge is 2.10. The lowest BCUT2D eigenvalue weighted by atomic mass is 10.1. The van der Waals surface area contributed by atoms with Crippen LogP contribution in [-0.2, 0) is 0 Å². The summed E-state index contributed by atoms with van der Waals surface area (Å²) in [5, 5.41) is 9.34. The molecular weight excluding hydrogens is 264 g/mol. The van der Waals surface area contributed by atoms with Crippen LogP contribution in [0.25, 0.3) is 11.6 Å². The van der Waals surface area contributed by atoms with Crippen molar-refractivity contribution in [1.82, 2.24) is 15.0 Å². The van der Waals surface area contributed by atoms with E-state index in [1.807, 2.05) is 31.2 Å². The molecule has 2 aromatic rings. The molecule has 1 heterocycles. The molecule has 0 unspecified atom stereocenters. The molecule has 6 heteroatoms. The molecule has 0 aliphatic heterocycles. The molecule has 0 aliphatic carbocycles. The van der Waals surface area contributed by atoms with E-state index in [1.54, 1.807) is 25.1 Å². The monoisotopic (exact) mass is 280 g/mol. The first-order valence-electron chi connectivity index (χ1n) is 6.37. The standard InChI is InChI=1S/C15H16N6/c1-10-4-6-11(7-5-10)8-12(9-16)13-18-14(17)20-15(19-13)21(2)3/h4-8H,1-3H3,(H2,17,18,19,20)/b12-8+. The van der Waals surface area contributed by atoms with Crippen molar-refractivity contribution in [2.75, 3.05) is 24.7 Å². The summed E-state index contributed by atoms with van der Waals surface area (Å²) in [5.41, 5.74) is 8.08. The average Bonchev–Trinajstić information content (AvgIpc) is 2.46. The Labute approximate surface area is 123 Å². The largest absolute Gasteiger partial charge is 0.368 e. The summed E-state index contributed by atoms with van der Waals surface area (Å²) in [6.45, 7) is 2.01. The number of benzene rings is 1. The summed E-state index contributed by atoms with van der Waals surface area (Å²) < 4.78 is 0. The molecule has 106 valence electrons. The van der Waals surface area contributed by atoms with Gasteiger partial charge < -0.3 is 10.6 Å². The quantitative estimate of drug-likeness (QED) is 0.863. The third kappa shape index (κ3) is 3.54. The van der Waals surface area contributed by atoms with E-state index in [0.29, 0.717) is 11.5 Å². The second-order valence-electron chi connectivity index (χ2n) is 4.79. The average molecular weight is 280 g/mol. The van der Waals surface area contributed by atoms with Gasteiger partial charge in [0.1, 0.15) is 6.07 Å². The van der Waals surface area contributed by atoms with Crippen LogP contribution in [0.15, 0.2) is 24.3 Å². The van der Waals surface area contributed by atoms with Crippen LogP contribution in [0.4, 0.5) is 11.9 Å². The highest BCUT2D eigenvalue weighted by atomic mass is 15.3. The van der Waals surface area contributed by atoms with Crippen LogP contribution in [-0.4, -0.2) is 29.0 Å². The van der Waals surface area contributed by atoms with E-state index in [0.717, 1.165) is 11.1 Å². The van der Waals surface area contributed by atoms with Gasteiger partial charge in [0.15, 0.2) is 5.82 Å². The van der Waals surface area contributed by atoms with Gasteiger partial charge in [0.25, 0.3) is 0 Å². The van der Waals surface area contributed by atoms with E-state index < -0.39 is 0 Å². The van der Waals surface area contributed by atoms with Gasteiger partial charge in [0.2, 0.25) is 11.9 Å². The second kappa shape index (κ2) is 6.01. The minimum atomic E-state index is 0.0914. The number of nitrogen functional groups attached to an aromatic ring is 1. The van der Waals surface area contributed by atoms with E-state index in [4.69, 9.17) is 5.73 Å². The van der Waals surface area contributed by atoms with Gasteiger partial charge in [0.05, 0.1) is 5.57 Å². The maximum absolute atomic E-state index is 9.34. The topological polar surface area (TPSA) is 91.7 Å². The first kappa shape index (κ1) is 14.5. The fourth-order valence-electron chi connectivity index (χ4n) is 1.68. The lowest BCUT2D eigenvalue weighted by Crippen LogP contribution is -2.15. The Morgan fingerprint density at radius 3 is 2.43 bits per heavy atom. The zero-order chi connectivity index (χ0) is 15.4. The zero-order valence-corrected chi connectivity index (χ0v) is 12.2. The SMILES string of the molecule is Cc1ccc(/C=C(\C#N)c2nc(N)nc(N(C)C)n2)cc1. The van der Waals surface area contributed by atoms with Crippen molar-refractivity contribution in [1.29, 1.82) is 5.26 Å². The number of allylic oxidation sites excluding steroid dienone is 1. The van der Waals surface area contributed by atoms with Crippen molar-refractivity contribution >= 4 is 23.5 Å². The maximum atomic E-state index is 9.34. The number of nitrogens with two attached hydrogens (primary N) is 1. The Hall–Kier alpha value is -2.94. The summed E-state index contributed by atoms with van der Waals surface area (Å²) in [5.74, 6) is 0.783. The highest BCUT2D eigenvalue weighted by Crippen LogP contribution is 2.17. The van der Waals surface area contributed by atoms with E-state index >= 15 is 0 Å². The molecule has 0 saturated heterocycles. The number of nitriles is 1. The molecule has 0 spiro atoms. The van der Waals surface area contributed by atoms with Crippen LogP contribution < -0.4 is 10.6 Å². The van der Waals surface area contributed by atoms with Crippen molar-refractivity contribution in [2.45, 2.75) is 6.92 Å². The Kier molecular flexibility index (Phi) is 4.14. The molecule has 21 heavy (non-hydrogen) atoms. The number of rotatable bonds is 3. The van der Waals surface area contributed by atoms with Crippen LogP contribution in [0.2, 0.25) is 0 Å². The minimum Gasteiger partial charge on any atom is -0.368 e. The Balaban J connectivity index is 2.46. The van der Waals surface area contributed by atoms with Gasteiger partial charge in [0, 0.05) is 14.1 Å². The summed E-state index contributed by atoms with van der Waals surface area (Å²) in [4.78, 5) is 14.0. The van der Waals surface area contributed by atoms with Gasteiger partial charge in [-0.2, -0.15) is 20.2 Å². The Morgan fingerprint density at radius 1 is 1.19 bits per heavy atom. The Morgan fingerprint density at radius 2 is 1.86 bits per heavy atom. The third-order valence-corrected chi connectivity index (χ3v) is 2.79. The van der Waals surface area contributed by atoms with Crippen molar-refractivity contribution < 1.29 is 0 Å². The van der Waals surface area contributed by atoms with Crippen molar-refractivity contribution in [3.05, 3.63) is 41.2 Å². The molecule has 0 amide bonds. The summed E-state index contributed by atoms with van der Waals surface area (Å²) >= 11 is 0. The molecule has 1 aromatic carbocycles. The Bertz CT molecular complexity index is 710. The fraction of sp³-hybridized carbons (Fsp3) is 0.200. The second-order valence-corrected chi connectivity index (χ2v) is 4.79. The normalized spacial score (nSPS) is 11.0. The molecule has 2 rings (SSSR count). The molecular formula is C15H16N6. The van der Waals surface area contributed by atoms with Gasteiger partial charge in [-0.15, -0.1) is 0 Å². The first-order chi connectivity index (χ1) is 9.99. The highest BCUT2D eigenvalue weighted by molar-refractivity contribution is 5.87. The van der Waals surface area contributed by atoms with Crippen LogP contribution >= 0.6 is 0 Å². The van der Waals surface area contributed by atoms with Gasteiger partial charge in [-0.25, -0.2) is 0 Å². The van der Waals surface area contributed by atoms with E-state index in [2.05, 4.69) is 21.0 Å². The number of anilines is 2. The predicted molar refractivity (Wildman–Crippen MR) is 83.2 cm³/mol. The van der Waals surface area contributed by atoms with Crippen LogP contribution in [0.3, 0.4) is 0 Å². The summed E-state index contributed by atoms with van der Waals surface area (Å²) in [6, 6.07) is 9.94. The number of hydrogen-bond donors (Lipinski definition) is 1. The molecule has 0 bridgehead atoms. The molecule has 1 aromatic heterocycles. The number of aromatic nitrogens is 3. The van der Waals surface area contributed by atoms with Crippen LogP contribution in [0.1, 0.15) is 17.0 Å². The van der Waals surface area contributed by atoms with Crippen molar-refractivity contribution in [3.63, 3.8) is 0 Å².